The number of H-pyrrole nitrogens is 2. The van der Waals surface area contributed by atoms with Gasteiger partial charge in [0.2, 0.25) is 0 Å². The molecule has 3 aromatic heterocycles. The molecule has 0 unspecified atom stereocenters. The van der Waals surface area contributed by atoms with Crippen molar-refractivity contribution in [3.05, 3.63) is 106 Å². The van der Waals surface area contributed by atoms with Crippen molar-refractivity contribution in [2.75, 3.05) is 0 Å². The number of hydrogen-bond donors (Lipinski definition) is 2. The van der Waals surface area contributed by atoms with E-state index in [0.717, 1.165) is 66.0 Å². The molecule has 0 atom stereocenters. The maximum Gasteiger partial charge on any atom is 0.138 e. The van der Waals surface area contributed by atoms with Crippen molar-refractivity contribution in [3.63, 3.8) is 0 Å². The molecule has 0 aliphatic carbocycles. The van der Waals surface area contributed by atoms with Crippen LogP contribution in [0.3, 0.4) is 0 Å². The minimum absolute atomic E-state index is 0.759. The lowest BCUT2D eigenvalue weighted by molar-refractivity contribution is 0.554. The predicted molar refractivity (Wildman–Crippen MR) is 121 cm³/mol. The van der Waals surface area contributed by atoms with Gasteiger partial charge in [0.25, 0.3) is 0 Å². The Bertz CT molecular complexity index is 1550. The number of allylic oxidation sites excluding steroid dienone is 5. The lowest BCUT2D eigenvalue weighted by Gasteiger charge is -2.14. The van der Waals surface area contributed by atoms with Crippen LogP contribution in [0.25, 0.3) is 21.5 Å². The highest BCUT2D eigenvalue weighted by Gasteiger charge is 2.26. The van der Waals surface area contributed by atoms with E-state index < -0.39 is 0 Å². The van der Waals surface area contributed by atoms with Gasteiger partial charge in [-0.25, -0.2) is 9.98 Å². The number of hydrogen-bond acceptors (Lipinski definition) is 4. The molecule has 3 aromatic rings. The van der Waals surface area contributed by atoms with Crippen LogP contribution in [0.15, 0.2) is 92.8 Å². The van der Waals surface area contributed by atoms with Gasteiger partial charge in [0.1, 0.15) is 5.76 Å². The Morgan fingerprint density at radius 1 is 0.800 bits per heavy atom. The quantitative estimate of drug-likeness (QED) is 0.647. The Balaban J connectivity index is 1.59. The fourth-order valence-electron chi connectivity index (χ4n) is 4.08. The summed E-state index contributed by atoms with van der Waals surface area (Å²) in [6.07, 6.45) is 11.9. The maximum absolute atomic E-state index is 5.75. The zero-order valence-electron chi connectivity index (χ0n) is 15.6. The van der Waals surface area contributed by atoms with E-state index in [2.05, 4.69) is 46.4 Å². The number of aromatic nitrogens is 2. The average Bonchev–Trinajstić information content (AvgIpc) is 3.56. The average molecular weight is 406 g/mol. The molecule has 7 heterocycles. The molecule has 6 heteroatoms. The highest BCUT2D eigenvalue weighted by Crippen LogP contribution is 2.45. The second kappa shape index (κ2) is 5.87. The van der Waals surface area contributed by atoms with E-state index in [1.807, 2.05) is 30.4 Å². The number of aliphatic imine (C=N–C) groups is 2. The largest absolute Gasteiger partial charge is 0.464 e. The molecule has 0 radical (unpaired) electrons. The molecule has 10 bridgehead atoms. The van der Waals surface area contributed by atoms with Crippen molar-refractivity contribution >= 4 is 44.6 Å². The number of fused-ring (bicyclic) bond motifs is 10. The molecule has 5 nitrogen and oxygen atoms in total. The molecule has 4 aliphatic rings. The standard InChI is InChI=1S/C24H14N4OS/c1-2-21(29-11-1)22-15-5-3-13(25-15)12-14-4-6-17(26-14)23-19-9-10-20(28-19)24(30-23)18-8-7-16(22)27-18/h1-12,26,28H. The zero-order chi connectivity index (χ0) is 19.7. The van der Waals surface area contributed by atoms with E-state index in [1.54, 1.807) is 18.0 Å². The summed E-state index contributed by atoms with van der Waals surface area (Å²) in [4.78, 5) is 19.2. The van der Waals surface area contributed by atoms with E-state index >= 15 is 0 Å². The predicted octanol–water partition coefficient (Wildman–Crippen LogP) is 3.73. The Labute approximate surface area is 175 Å². The van der Waals surface area contributed by atoms with Crippen LogP contribution in [0.5, 0.6) is 0 Å². The highest BCUT2D eigenvalue weighted by atomic mass is 32.2. The number of nitrogens with zero attached hydrogens (tertiary/aromatic N) is 2. The Hall–Kier alpha value is -3.77. The van der Waals surface area contributed by atoms with E-state index in [9.17, 15) is 0 Å². The van der Waals surface area contributed by atoms with Crippen LogP contribution >= 0.6 is 11.8 Å². The molecule has 142 valence electrons. The van der Waals surface area contributed by atoms with Crippen molar-refractivity contribution in [1.82, 2.24) is 9.97 Å². The lowest BCUT2D eigenvalue weighted by Crippen LogP contribution is -2.14. The normalized spacial score (nSPS) is 18.6. The van der Waals surface area contributed by atoms with Gasteiger partial charge in [0.05, 0.1) is 61.2 Å². The Kier molecular flexibility index (Phi) is 3.15. The van der Waals surface area contributed by atoms with Crippen molar-refractivity contribution in [2.24, 2.45) is 9.98 Å². The van der Waals surface area contributed by atoms with Gasteiger partial charge in [-0.05, 0) is 66.8 Å². The Morgan fingerprint density at radius 3 is 2.60 bits per heavy atom. The third kappa shape index (κ3) is 2.31. The first kappa shape index (κ1) is 16.1. The van der Waals surface area contributed by atoms with Gasteiger partial charge in [-0.3, -0.25) is 0 Å². The van der Waals surface area contributed by atoms with Crippen molar-refractivity contribution in [1.29, 1.82) is 0 Å². The van der Waals surface area contributed by atoms with Crippen LogP contribution < -0.4 is 10.7 Å². The van der Waals surface area contributed by atoms with Crippen LogP contribution in [0.1, 0.15) is 17.1 Å². The van der Waals surface area contributed by atoms with Crippen LogP contribution in [0.2, 0.25) is 0 Å². The molecule has 0 saturated heterocycles. The monoisotopic (exact) mass is 406 g/mol. The third-order valence-electron chi connectivity index (χ3n) is 5.45. The smallest absolute Gasteiger partial charge is 0.138 e. The van der Waals surface area contributed by atoms with Crippen molar-refractivity contribution < 1.29 is 4.42 Å². The number of thioether (sulfide) groups is 1. The first-order valence-electron chi connectivity index (χ1n) is 9.67. The highest BCUT2D eigenvalue weighted by molar-refractivity contribution is 8.16. The van der Waals surface area contributed by atoms with Crippen molar-refractivity contribution in [2.45, 2.75) is 0 Å². The molecule has 0 aromatic carbocycles. The summed E-state index contributed by atoms with van der Waals surface area (Å²) in [5, 5.41) is 2.10. The van der Waals surface area contributed by atoms with Gasteiger partial charge >= 0.3 is 0 Å². The van der Waals surface area contributed by atoms with Crippen LogP contribution in [0.4, 0.5) is 0 Å². The topological polar surface area (TPSA) is 69.4 Å². The minimum Gasteiger partial charge on any atom is -0.464 e. The molecule has 30 heavy (non-hydrogen) atoms. The number of nitrogens with one attached hydrogen (secondary N) is 2. The van der Waals surface area contributed by atoms with Gasteiger partial charge in [0, 0.05) is 5.35 Å². The van der Waals surface area contributed by atoms with Crippen LogP contribution in [-0.2, 0) is 0 Å². The van der Waals surface area contributed by atoms with Crippen LogP contribution in [0, 0.1) is 0 Å². The summed E-state index contributed by atoms with van der Waals surface area (Å²) < 4.78 is 5.75. The number of aromatic amines is 2. The molecule has 0 fully saturated rings. The SMILES string of the molecule is C1=CC2=C(c3ccco3)C3=NC(=C4SC(=c5ccc([nH]5)=CC1=N2)c1ccc4[nH]1)C=C3. The fraction of sp³-hybridized carbons (Fsp3) is 0. The second-order valence-corrected chi connectivity index (χ2v) is 8.36. The summed E-state index contributed by atoms with van der Waals surface area (Å²) in [6.45, 7) is 0. The Morgan fingerprint density at radius 2 is 1.70 bits per heavy atom. The minimum atomic E-state index is 0.759. The molecule has 0 spiro atoms. The summed E-state index contributed by atoms with van der Waals surface area (Å²) >= 11 is 1.75. The van der Waals surface area contributed by atoms with Gasteiger partial charge in [-0.2, -0.15) is 0 Å². The summed E-state index contributed by atoms with van der Waals surface area (Å²) in [6, 6.07) is 12.3. The van der Waals surface area contributed by atoms with Crippen LogP contribution in [-0.4, -0.2) is 21.4 Å². The fourth-order valence-corrected chi connectivity index (χ4v) is 5.19. The van der Waals surface area contributed by atoms with E-state index in [-0.39, 0.29) is 0 Å². The first-order valence-corrected chi connectivity index (χ1v) is 10.5. The second-order valence-electron chi connectivity index (χ2n) is 7.34. The van der Waals surface area contributed by atoms with Gasteiger partial charge < -0.3 is 14.4 Å². The van der Waals surface area contributed by atoms with Crippen molar-refractivity contribution in [3.8, 4) is 0 Å². The van der Waals surface area contributed by atoms with E-state index in [1.165, 1.54) is 0 Å². The van der Waals surface area contributed by atoms with E-state index in [4.69, 9.17) is 14.4 Å². The molecule has 4 aliphatic heterocycles. The molecule has 0 saturated carbocycles. The van der Waals surface area contributed by atoms with Gasteiger partial charge in [-0.1, -0.05) is 11.8 Å². The summed E-state index contributed by atoms with van der Waals surface area (Å²) in [7, 11) is 0. The number of rotatable bonds is 1. The van der Waals surface area contributed by atoms with Gasteiger partial charge in [0.15, 0.2) is 0 Å². The molecule has 0 amide bonds. The summed E-state index contributed by atoms with van der Waals surface area (Å²) in [5.74, 6) is 0.759. The molecular weight excluding hydrogens is 392 g/mol. The van der Waals surface area contributed by atoms with Gasteiger partial charge in [-0.15, -0.1) is 0 Å². The molecule has 2 N–H and O–H groups in total. The lowest BCUT2D eigenvalue weighted by atomic mass is 10.1. The first-order chi connectivity index (χ1) is 14.8. The molecule has 7 rings (SSSR count). The summed E-state index contributed by atoms with van der Waals surface area (Å²) in [5.41, 5.74) is 6.63. The zero-order valence-corrected chi connectivity index (χ0v) is 16.5. The molecular formula is C24H14N4OS. The van der Waals surface area contributed by atoms with E-state index in [0.29, 0.717) is 0 Å². The number of furan rings is 1. The third-order valence-corrected chi connectivity index (χ3v) is 6.73. The maximum atomic E-state index is 5.75.